The topological polar surface area (TPSA) is 48.3 Å². The summed E-state index contributed by atoms with van der Waals surface area (Å²) in [5.74, 6) is 1.82. The molecule has 6 aromatic rings. The molecule has 2 aliphatic heterocycles. The van der Waals surface area contributed by atoms with Gasteiger partial charge in [0.15, 0.2) is 5.82 Å². The van der Waals surface area contributed by atoms with E-state index >= 15 is 0 Å². The predicted molar refractivity (Wildman–Crippen MR) is 172 cm³/mol. The molecule has 6 nitrogen and oxygen atoms in total. The molecule has 8 heteroatoms. The van der Waals surface area contributed by atoms with E-state index in [2.05, 4.69) is 104 Å². The van der Waals surface area contributed by atoms with Gasteiger partial charge in [0, 0.05) is 38.0 Å². The summed E-state index contributed by atoms with van der Waals surface area (Å²) < 4.78 is 10.4. The summed E-state index contributed by atoms with van der Waals surface area (Å²) >= 11 is 0. The number of hydrogen-bond donors (Lipinski definition) is 0. The molecule has 8 rings (SSSR count). The first-order chi connectivity index (χ1) is 20.8. The smallest absolute Gasteiger partial charge is 0.271 e. The van der Waals surface area contributed by atoms with Crippen molar-refractivity contribution in [2.75, 3.05) is 4.81 Å². The van der Waals surface area contributed by atoms with E-state index in [0.29, 0.717) is 11.6 Å². The Labute approximate surface area is 272 Å². The minimum Gasteiger partial charge on any atom is -0.657 e. The molecule has 44 heavy (non-hydrogen) atoms. The summed E-state index contributed by atoms with van der Waals surface area (Å²) in [6.45, 7) is 8.83. The minimum absolute atomic E-state index is 0. The van der Waals surface area contributed by atoms with E-state index in [1.165, 1.54) is 11.3 Å². The maximum atomic E-state index is 6.39. The fourth-order valence-electron chi connectivity index (χ4n) is 6.35. The minimum atomic E-state index is -0.250. The van der Waals surface area contributed by atoms with Crippen molar-refractivity contribution < 1.29 is 30.4 Å². The van der Waals surface area contributed by atoms with Gasteiger partial charge in [-0.15, -0.1) is 23.2 Å². The molecule has 2 aliphatic rings. The maximum absolute atomic E-state index is 6.39. The summed E-state index contributed by atoms with van der Waals surface area (Å²) in [5.41, 5.74) is 7.22. The van der Waals surface area contributed by atoms with Gasteiger partial charge in [-0.25, -0.2) is 4.98 Å². The van der Waals surface area contributed by atoms with Crippen molar-refractivity contribution in [3.63, 3.8) is 0 Å². The van der Waals surface area contributed by atoms with E-state index in [4.69, 9.17) is 14.9 Å². The van der Waals surface area contributed by atoms with Gasteiger partial charge in [-0.2, -0.15) is 11.5 Å². The van der Waals surface area contributed by atoms with Crippen molar-refractivity contribution in [3.8, 4) is 34.3 Å². The first-order valence-corrected chi connectivity index (χ1v) is 14.6. The van der Waals surface area contributed by atoms with Crippen LogP contribution in [0.2, 0.25) is 0 Å². The van der Waals surface area contributed by atoms with E-state index in [0.717, 1.165) is 33.6 Å². The van der Waals surface area contributed by atoms with Gasteiger partial charge < -0.3 is 14.8 Å². The van der Waals surface area contributed by atoms with Crippen LogP contribution in [-0.2, 0) is 21.1 Å². The number of imidazole rings is 1. The van der Waals surface area contributed by atoms with Crippen LogP contribution in [0.15, 0.2) is 109 Å². The van der Waals surface area contributed by atoms with Crippen molar-refractivity contribution in [2.45, 2.75) is 38.8 Å². The van der Waals surface area contributed by atoms with Crippen molar-refractivity contribution in [2.24, 2.45) is 0 Å². The monoisotopic (exact) mass is 754 g/mol. The SMILES string of the molecule is CC1(C)[N-]B2c3[c-]c(Oc4cccc(-n5[c-][n+](-c6ccccc6)c6ccccc65)n4)ccc3-c3ccccc3N2C1(C)C.[Pt]. The zero-order chi connectivity index (χ0) is 29.3. The van der Waals surface area contributed by atoms with Crippen molar-refractivity contribution in [1.82, 2.24) is 9.55 Å². The van der Waals surface area contributed by atoms with Crippen LogP contribution in [0.25, 0.3) is 38.9 Å². The molecule has 0 saturated carbocycles. The number of nitrogens with zero attached hydrogens (tertiary/aromatic N) is 5. The van der Waals surface area contributed by atoms with Gasteiger partial charge in [0.1, 0.15) is 6.98 Å². The van der Waals surface area contributed by atoms with Crippen LogP contribution < -0.4 is 19.6 Å². The van der Waals surface area contributed by atoms with Gasteiger partial charge in [-0.05, 0) is 44.2 Å². The number of hydrogen-bond acceptors (Lipinski definition) is 3. The summed E-state index contributed by atoms with van der Waals surface area (Å²) in [5, 5.41) is 5.31. The largest absolute Gasteiger partial charge is 0.657 e. The Morgan fingerprint density at radius 1 is 0.795 bits per heavy atom. The molecule has 0 radical (unpaired) electrons. The fourth-order valence-corrected chi connectivity index (χ4v) is 6.35. The average molecular weight is 755 g/mol. The number of ether oxygens (including phenoxy) is 1. The molecule has 0 aliphatic carbocycles. The molecule has 2 aromatic heterocycles. The van der Waals surface area contributed by atoms with Gasteiger partial charge in [-0.1, -0.05) is 86.1 Å². The van der Waals surface area contributed by atoms with E-state index in [-0.39, 0.29) is 39.1 Å². The van der Waals surface area contributed by atoms with Crippen LogP contribution in [0.5, 0.6) is 11.6 Å². The number of aromatic nitrogens is 3. The van der Waals surface area contributed by atoms with E-state index < -0.39 is 0 Å². The molecule has 4 aromatic carbocycles. The van der Waals surface area contributed by atoms with Gasteiger partial charge in [0.25, 0.3) is 6.33 Å². The molecule has 0 unspecified atom stereocenters. The van der Waals surface area contributed by atoms with Crippen LogP contribution in [-0.4, -0.2) is 27.6 Å². The summed E-state index contributed by atoms with van der Waals surface area (Å²) in [6, 6.07) is 40.6. The Kier molecular flexibility index (Phi) is 6.80. The first-order valence-electron chi connectivity index (χ1n) is 14.6. The molecule has 1 fully saturated rings. The van der Waals surface area contributed by atoms with Gasteiger partial charge >= 0.3 is 0 Å². The second-order valence-corrected chi connectivity index (χ2v) is 12.2. The van der Waals surface area contributed by atoms with Gasteiger partial charge in [0.2, 0.25) is 5.88 Å². The molecule has 4 heterocycles. The van der Waals surface area contributed by atoms with Crippen LogP contribution in [0.3, 0.4) is 0 Å². The maximum Gasteiger partial charge on any atom is 0.271 e. The summed E-state index contributed by atoms with van der Waals surface area (Å²) in [6.07, 6.45) is 3.49. The molecule has 1 saturated heterocycles. The second-order valence-electron chi connectivity index (χ2n) is 12.2. The number of para-hydroxylation sites is 4. The predicted octanol–water partition coefficient (Wildman–Crippen LogP) is 6.82. The Morgan fingerprint density at radius 2 is 1.55 bits per heavy atom. The van der Waals surface area contributed by atoms with Crippen LogP contribution in [0.4, 0.5) is 5.69 Å². The van der Waals surface area contributed by atoms with Crippen molar-refractivity contribution >= 4 is 29.2 Å². The van der Waals surface area contributed by atoms with Crippen molar-refractivity contribution in [3.05, 3.63) is 127 Å². The molecule has 0 bridgehead atoms. The third kappa shape index (κ3) is 4.33. The van der Waals surface area contributed by atoms with Crippen LogP contribution in [0, 0.1) is 12.4 Å². The Morgan fingerprint density at radius 3 is 2.39 bits per heavy atom. The van der Waals surface area contributed by atoms with E-state index in [1.54, 1.807) is 0 Å². The number of anilines is 1. The zero-order valence-electron chi connectivity index (χ0n) is 24.9. The summed E-state index contributed by atoms with van der Waals surface area (Å²) in [4.78, 5) is 7.34. The van der Waals surface area contributed by atoms with Crippen LogP contribution >= 0.6 is 0 Å². The van der Waals surface area contributed by atoms with Gasteiger partial charge in [0.05, 0.1) is 16.7 Å². The molecule has 0 N–H and O–H groups in total. The number of pyridine rings is 1. The first kappa shape index (κ1) is 28.6. The zero-order valence-corrected chi connectivity index (χ0v) is 27.2. The average Bonchev–Trinajstić information content (AvgIpc) is 3.50. The standard InChI is InChI=1S/C36H30BN5O.Pt/c1-35(2)36(3,4)42-30-16-9-8-15-28(30)27-22-21-26(23-29(27)37(42)39-35)43-34-20-12-19-33(38-34)41-24-40(25-13-6-5-7-14-25)31-17-10-11-18-32(31)41;/h5-22H,1-4H3;/q-2;. The third-order valence-corrected chi connectivity index (χ3v) is 9.18. The second kappa shape index (κ2) is 10.5. The molecule has 0 atom stereocenters. The van der Waals surface area contributed by atoms with E-state index in [9.17, 15) is 0 Å². The number of rotatable bonds is 4. The Bertz CT molecular complexity index is 2020. The number of benzene rings is 4. The molecular formula is C36H30BN5OPt-2. The number of fused-ring (bicyclic) bond motifs is 7. The van der Waals surface area contributed by atoms with Crippen LogP contribution in [0.1, 0.15) is 27.7 Å². The van der Waals surface area contributed by atoms with Crippen molar-refractivity contribution in [1.29, 1.82) is 0 Å². The van der Waals surface area contributed by atoms with E-state index in [1.807, 2.05) is 59.2 Å². The molecule has 0 spiro atoms. The normalized spacial score (nSPS) is 15.7. The Balaban J connectivity index is 0.00000312. The molecule has 0 amide bonds. The third-order valence-electron chi connectivity index (χ3n) is 9.18. The summed E-state index contributed by atoms with van der Waals surface area (Å²) in [7, 11) is 0. The quantitative estimate of drug-likeness (QED) is 0.113. The van der Waals surface area contributed by atoms with Gasteiger partial charge in [-0.3, -0.25) is 9.13 Å². The fraction of sp³-hybridized carbons (Fsp3) is 0.167. The Hall–Kier alpha value is -4.19. The molecular weight excluding hydrogens is 724 g/mol. The molecule has 220 valence electrons.